The molecule has 0 atom stereocenters. The third kappa shape index (κ3) is 1.95. The van der Waals surface area contributed by atoms with E-state index in [0.717, 1.165) is 4.47 Å². The van der Waals surface area contributed by atoms with Gasteiger partial charge in [-0.1, -0.05) is 0 Å². The molecular weight excluding hydrogens is 220 g/mol. The van der Waals surface area contributed by atoms with Crippen molar-refractivity contribution in [2.75, 3.05) is 7.11 Å². The zero-order valence-corrected chi connectivity index (χ0v) is 8.13. The van der Waals surface area contributed by atoms with E-state index < -0.39 is 0 Å². The predicted octanol–water partition coefficient (Wildman–Crippen LogP) is 1.92. The van der Waals surface area contributed by atoms with Crippen LogP contribution in [0.2, 0.25) is 0 Å². The molecule has 3 nitrogen and oxygen atoms in total. The third-order valence-electron chi connectivity index (χ3n) is 1.35. The molecule has 0 spiro atoms. The van der Waals surface area contributed by atoms with Gasteiger partial charge >= 0.3 is 0 Å². The van der Waals surface area contributed by atoms with Gasteiger partial charge < -0.3 is 4.74 Å². The van der Waals surface area contributed by atoms with Crippen molar-refractivity contribution in [2.45, 2.75) is 6.42 Å². The first-order valence-corrected chi connectivity index (χ1v) is 4.13. The van der Waals surface area contributed by atoms with Crippen molar-refractivity contribution in [2.24, 2.45) is 0 Å². The summed E-state index contributed by atoms with van der Waals surface area (Å²) >= 11 is 3.29. The lowest BCUT2D eigenvalue weighted by Crippen LogP contribution is -1.93. The van der Waals surface area contributed by atoms with Crippen molar-refractivity contribution in [3.05, 3.63) is 22.3 Å². The summed E-state index contributed by atoms with van der Waals surface area (Å²) in [4.78, 5) is 4.09. The number of pyridine rings is 1. The van der Waals surface area contributed by atoms with Crippen molar-refractivity contribution in [3.8, 4) is 11.9 Å². The Morgan fingerprint density at radius 3 is 3.00 bits per heavy atom. The molecule has 0 N–H and O–H groups in total. The first-order chi connectivity index (χ1) is 5.77. The van der Waals surface area contributed by atoms with Crippen LogP contribution in [-0.2, 0) is 6.42 Å². The number of hydrogen-bond acceptors (Lipinski definition) is 3. The Morgan fingerprint density at radius 2 is 2.42 bits per heavy atom. The molecule has 62 valence electrons. The molecule has 12 heavy (non-hydrogen) atoms. The highest BCUT2D eigenvalue weighted by molar-refractivity contribution is 9.10. The minimum atomic E-state index is 0.289. The fraction of sp³-hybridized carbons (Fsp3) is 0.250. The van der Waals surface area contributed by atoms with Crippen molar-refractivity contribution in [3.63, 3.8) is 0 Å². The van der Waals surface area contributed by atoms with Gasteiger partial charge in [-0.15, -0.1) is 0 Å². The Hall–Kier alpha value is -1.08. The molecule has 0 radical (unpaired) electrons. The van der Waals surface area contributed by atoms with E-state index in [0.29, 0.717) is 11.6 Å². The molecule has 0 bridgehead atoms. The Morgan fingerprint density at radius 1 is 1.67 bits per heavy atom. The second-order valence-electron chi connectivity index (χ2n) is 2.12. The molecule has 0 saturated heterocycles. The van der Waals surface area contributed by atoms with Crippen LogP contribution in [0.25, 0.3) is 0 Å². The number of hydrogen-bond donors (Lipinski definition) is 0. The van der Waals surface area contributed by atoms with Gasteiger partial charge in [-0.25, -0.2) is 4.98 Å². The summed E-state index contributed by atoms with van der Waals surface area (Å²) in [5.74, 6) is 0.531. The number of nitrogens with zero attached hydrogens (tertiary/aromatic N) is 2. The zero-order valence-electron chi connectivity index (χ0n) is 6.54. The van der Waals surface area contributed by atoms with Gasteiger partial charge in [-0.3, -0.25) is 0 Å². The first-order valence-electron chi connectivity index (χ1n) is 3.34. The maximum Gasteiger partial charge on any atom is 0.213 e. The molecule has 0 aliphatic heterocycles. The number of methoxy groups -OCH3 is 1. The summed E-state index contributed by atoms with van der Waals surface area (Å²) in [5.41, 5.74) is 0.705. The first kappa shape index (κ1) is 9.01. The van der Waals surface area contributed by atoms with E-state index in [2.05, 4.69) is 20.9 Å². The van der Waals surface area contributed by atoms with Crippen LogP contribution in [-0.4, -0.2) is 12.1 Å². The van der Waals surface area contributed by atoms with Crippen LogP contribution in [0, 0.1) is 11.3 Å². The average Bonchev–Trinajstić information content (AvgIpc) is 2.09. The molecule has 0 aliphatic rings. The molecule has 0 unspecified atom stereocenters. The van der Waals surface area contributed by atoms with Gasteiger partial charge in [0, 0.05) is 10.5 Å². The Balaban J connectivity index is 3.01. The van der Waals surface area contributed by atoms with E-state index in [4.69, 9.17) is 10.00 Å². The largest absolute Gasteiger partial charge is 0.481 e. The lowest BCUT2D eigenvalue weighted by atomic mass is 10.3. The number of nitriles is 1. The molecule has 1 aromatic rings. The van der Waals surface area contributed by atoms with Crippen LogP contribution >= 0.6 is 15.9 Å². The van der Waals surface area contributed by atoms with Gasteiger partial charge in [0.05, 0.1) is 25.3 Å². The topological polar surface area (TPSA) is 45.9 Å². The summed E-state index contributed by atoms with van der Waals surface area (Å²) < 4.78 is 5.75. The maximum atomic E-state index is 8.46. The van der Waals surface area contributed by atoms with Gasteiger partial charge in [0.1, 0.15) is 0 Å². The fourth-order valence-corrected chi connectivity index (χ4v) is 1.14. The van der Waals surface area contributed by atoms with E-state index >= 15 is 0 Å². The number of ether oxygens (including phenoxy) is 1. The lowest BCUT2D eigenvalue weighted by Gasteiger charge is -2.01. The molecule has 1 heterocycles. The van der Waals surface area contributed by atoms with E-state index in [1.165, 1.54) is 0 Å². The quantitative estimate of drug-likeness (QED) is 0.775. The molecule has 0 amide bonds. The Bertz CT molecular complexity index is 319. The summed E-state index contributed by atoms with van der Waals surface area (Å²) in [5, 5.41) is 8.46. The SMILES string of the molecule is COc1ccc(Br)c(CC#N)n1. The van der Waals surface area contributed by atoms with Crippen molar-refractivity contribution >= 4 is 15.9 Å². The molecule has 0 aromatic carbocycles. The average molecular weight is 227 g/mol. The van der Waals surface area contributed by atoms with Gasteiger partial charge in [-0.2, -0.15) is 5.26 Å². The molecule has 1 aromatic heterocycles. The van der Waals surface area contributed by atoms with Crippen LogP contribution in [0.1, 0.15) is 5.69 Å². The van der Waals surface area contributed by atoms with Crippen LogP contribution in [0.3, 0.4) is 0 Å². The molecule has 0 fully saturated rings. The normalized spacial score (nSPS) is 9.08. The van der Waals surface area contributed by atoms with Gasteiger partial charge in [0.25, 0.3) is 0 Å². The maximum absolute atomic E-state index is 8.46. The fourth-order valence-electron chi connectivity index (χ4n) is 0.777. The van der Waals surface area contributed by atoms with Gasteiger partial charge in [-0.05, 0) is 22.0 Å². The monoisotopic (exact) mass is 226 g/mol. The van der Waals surface area contributed by atoms with Crippen LogP contribution in [0.5, 0.6) is 5.88 Å². The molecular formula is C8H7BrN2O. The van der Waals surface area contributed by atoms with Gasteiger partial charge in [0.15, 0.2) is 0 Å². The van der Waals surface area contributed by atoms with Gasteiger partial charge in [0.2, 0.25) is 5.88 Å². The van der Waals surface area contributed by atoms with E-state index in [1.807, 2.05) is 12.1 Å². The van der Waals surface area contributed by atoms with E-state index in [9.17, 15) is 0 Å². The van der Waals surface area contributed by atoms with Crippen LogP contribution < -0.4 is 4.74 Å². The molecule has 1 rings (SSSR count). The number of aromatic nitrogens is 1. The lowest BCUT2D eigenvalue weighted by molar-refractivity contribution is 0.396. The van der Waals surface area contributed by atoms with Crippen molar-refractivity contribution in [1.29, 1.82) is 5.26 Å². The third-order valence-corrected chi connectivity index (χ3v) is 2.07. The van der Waals surface area contributed by atoms with Crippen LogP contribution in [0.4, 0.5) is 0 Å². The zero-order chi connectivity index (χ0) is 8.97. The minimum absolute atomic E-state index is 0.289. The highest BCUT2D eigenvalue weighted by Crippen LogP contribution is 2.18. The summed E-state index contributed by atoms with van der Waals surface area (Å²) in [6.07, 6.45) is 0.289. The van der Waals surface area contributed by atoms with Crippen molar-refractivity contribution < 1.29 is 4.74 Å². The number of halogens is 1. The summed E-state index contributed by atoms with van der Waals surface area (Å²) in [6, 6.07) is 5.59. The van der Waals surface area contributed by atoms with E-state index in [1.54, 1.807) is 13.2 Å². The minimum Gasteiger partial charge on any atom is -0.481 e. The Kier molecular flexibility index (Phi) is 3.06. The highest BCUT2D eigenvalue weighted by atomic mass is 79.9. The number of rotatable bonds is 2. The van der Waals surface area contributed by atoms with Crippen LogP contribution in [0.15, 0.2) is 16.6 Å². The van der Waals surface area contributed by atoms with Crippen molar-refractivity contribution in [1.82, 2.24) is 4.98 Å². The predicted molar refractivity (Wildman–Crippen MR) is 47.8 cm³/mol. The smallest absolute Gasteiger partial charge is 0.213 e. The molecule has 0 aliphatic carbocycles. The molecule has 4 heteroatoms. The summed E-state index contributed by atoms with van der Waals surface area (Å²) in [6.45, 7) is 0. The highest BCUT2D eigenvalue weighted by Gasteiger charge is 2.02. The van der Waals surface area contributed by atoms with E-state index in [-0.39, 0.29) is 6.42 Å². The second-order valence-corrected chi connectivity index (χ2v) is 2.97. The molecule has 0 saturated carbocycles. The standard InChI is InChI=1S/C8H7BrN2O/c1-12-8-3-2-6(9)7(11-8)4-5-10/h2-3H,4H2,1H3. The summed E-state index contributed by atoms with van der Waals surface area (Å²) in [7, 11) is 1.55. The second kappa shape index (κ2) is 4.07. The Labute approximate surface area is 79.1 Å².